The van der Waals surface area contributed by atoms with Crippen molar-refractivity contribution in [3.63, 3.8) is 0 Å². The van der Waals surface area contributed by atoms with E-state index in [9.17, 15) is 48.2 Å². The van der Waals surface area contributed by atoms with E-state index in [4.69, 9.17) is 0 Å². The van der Waals surface area contributed by atoms with Crippen molar-refractivity contribution in [2.75, 3.05) is 31.1 Å². The van der Waals surface area contributed by atoms with Gasteiger partial charge >= 0.3 is 32.3 Å². The number of carbonyl (C=O) groups is 2. The number of hydrogen-bond acceptors (Lipinski definition) is 7. The summed E-state index contributed by atoms with van der Waals surface area (Å²) in [5.74, 6) is -1.32. The number of piperazine rings is 1. The molecular weight excluding hydrogens is 520 g/mol. The second kappa shape index (κ2) is 9.62. The zero-order valence-corrected chi connectivity index (χ0v) is 21.5. The number of pyridine rings is 1. The molecule has 0 spiro atoms. The number of rotatable bonds is 6. The van der Waals surface area contributed by atoms with Gasteiger partial charge in [0, 0.05) is 50.0 Å². The summed E-state index contributed by atoms with van der Waals surface area (Å²) < 4.78 is 29.7. The Balaban J connectivity index is 1.85. The van der Waals surface area contributed by atoms with Crippen LogP contribution in [0.25, 0.3) is 10.9 Å². The first kappa shape index (κ1) is 27.9. The Kier molecular flexibility index (Phi) is 7.44. The van der Waals surface area contributed by atoms with Crippen LogP contribution in [0.15, 0.2) is 23.1 Å². The normalized spacial score (nSPS) is 15.3. The van der Waals surface area contributed by atoms with Crippen LogP contribution in [-0.4, -0.2) is 77.5 Å². The average Bonchev–Trinajstić information content (AvgIpc) is 2.77. The first-order valence-electron chi connectivity index (χ1n) is 10.8. The highest BCUT2D eigenvalue weighted by Crippen LogP contribution is 2.69. The molecule has 0 aliphatic carbocycles. The fourth-order valence-electron chi connectivity index (χ4n) is 3.94. The molecule has 1 fully saturated rings. The van der Waals surface area contributed by atoms with Gasteiger partial charge in [0.05, 0.1) is 5.52 Å². The number of carboxylic acids is 1. The predicted molar refractivity (Wildman–Crippen MR) is 128 cm³/mol. The van der Waals surface area contributed by atoms with E-state index in [0.29, 0.717) is 24.5 Å². The summed E-state index contributed by atoms with van der Waals surface area (Å²) in [5.41, 5.74) is 1.03. The molecule has 1 aliphatic rings. The van der Waals surface area contributed by atoms with Gasteiger partial charge in [0.15, 0.2) is 0 Å². The molecule has 1 aromatic carbocycles. The summed E-state index contributed by atoms with van der Waals surface area (Å²) in [7, 11) is -11.1. The van der Waals surface area contributed by atoms with E-state index in [2.05, 4.69) is 4.74 Å². The van der Waals surface area contributed by atoms with E-state index in [0.717, 1.165) is 10.6 Å². The molecule has 0 atom stereocenters. The quantitative estimate of drug-likeness (QED) is 0.325. The summed E-state index contributed by atoms with van der Waals surface area (Å²) in [5, 5.41) is 6.29. The van der Waals surface area contributed by atoms with Crippen LogP contribution in [-0.2, 0) is 20.4 Å². The minimum atomic E-state index is -5.53. The molecule has 0 unspecified atom stereocenters. The van der Waals surface area contributed by atoms with Crippen LogP contribution in [0.5, 0.6) is 0 Å². The van der Waals surface area contributed by atoms with Crippen LogP contribution in [0, 0.1) is 6.92 Å². The highest BCUT2D eigenvalue weighted by Gasteiger charge is 2.60. The standard InChI is InChI=1S/C20H27N3O11P2/c1-4-21-11-14(18(25)26)17(24)13-9-12(2)15(10-16(13)21)22-5-7-23(8-6-22)19(27)34-20(3,35(28,29)30)36(31,32)33/h9-11H,4-8H2,1-3H3,(H,25,26)(H2,28,29,30)(H2,31,32,33). The second-order valence-corrected chi connectivity index (χ2v) is 12.7. The molecule has 16 heteroatoms. The zero-order valence-electron chi connectivity index (χ0n) is 19.7. The first-order valence-corrected chi connectivity index (χ1v) is 14.0. The molecule has 1 saturated heterocycles. The van der Waals surface area contributed by atoms with Crippen LogP contribution in [0.3, 0.4) is 0 Å². The highest BCUT2D eigenvalue weighted by molar-refractivity contribution is 7.72. The topological polar surface area (TPSA) is 207 Å². The largest absolute Gasteiger partial charge is 0.477 e. The van der Waals surface area contributed by atoms with Gasteiger partial charge in [-0.15, -0.1) is 0 Å². The molecule has 5 N–H and O–H groups in total. The fourth-order valence-corrected chi connectivity index (χ4v) is 5.69. The third kappa shape index (κ3) is 4.93. The molecule has 14 nitrogen and oxygen atoms in total. The third-order valence-electron chi connectivity index (χ3n) is 6.21. The van der Waals surface area contributed by atoms with Crippen molar-refractivity contribution >= 4 is 43.8 Å². The minimum Gasteiger partial charge on any atom is -0.477 e. The number of aromatic nitrogens is 1. The van der Waals surface area contributed by atoms with Gasteiger partial charge in [0.1, 0.15) is 5.56 Å². The molecule has 0 bridgehead atoms. The number of benzene rings is 1. The van der Waals surface area contributed by atoms with E-state index in [1.165, 1.54) is 6.20 Å². The smallest absolute Gasteiger partial charge is 0.411 e. The minimum absolute atomic E-state index is 0.0211. The summed E-state index contributed by atoms with van der Waals surface area (Å²) >= 11 is 0. The van der Waals surface area contributed by atoms with E-state index in [1.807, 2.05) is 11.8 Å². The lowest BCUT2D eigenvalue weighted by Crippen LogP contribution is -2.50. The van der Waals surface area contributed by atoms with Crippen molar-refractivity contribution in [1.82, 2.24) is 9.47 Å². The van der Waals surface area contributed by atoms with E-state index in [-0.39, 0.29) is 37.1 Å². The summed E-state index contributed by atoms with van der Waals surface area (Å²) in [6.45, 7) is 5.00. The van der Waals surface area contributed by atoms with E-state index < -0.39 is 37.8 Å². The summed E-state index contributed by atoms with van der Waals surface area (Å²) in [4.78, 5) is 77.2. The van der Waals surface area contributed by atoms with Crippen LogP contribution < -0.4 is 10.3 Å². The molecule has 1 amide bonds. The number of ether oxygens (including phenoxy) is 1. The number of hydrogen-bond donors (Lipinski definition) is 5. The van der Waals surface area contributed by atoms with Crippen LogP contribution in [0.4, 0.5) is 10.5 Å². The Morgan fingerprint density at radius 3 is 2.08 bits per heavy atom. The molecular formula is C20H27N3O11P2. The van der Waals surface area contributed by atoms with Gasteiger partial charge in [-0.1, -0.05) is 0 Å². The lowest BCUT2D eigenvalue weighted by atomic mass is 10.1. The maximum Gasteiger partial charge on any atom is 0.411 e. The van der Waals surface area contributed by atoms with Crippen molar-refractivity contribution in [2.45, 2.75) is 32.4 Å². The molecule has 36 heavy (non-hydrogen) atoms. The number of aryl methyl sites for hydroxylation is 2. The van der Waals surface area contributed by atoms with E-state index >= 15 is 0 Å². The Morgan fingerprint density at radius 1 is 1.06 bits per heavy atom. The monoisotopic (exact) mass is 547 g/mol. The molecule has 3 rings (SSSR count). The Morgan fingerprint density at radius 2 is 1.61 bits per heavy atom. The maximum absolute atomic E-state index is 12.7. The highest BCUT2D eigenvalue weighted by atomic mass is 31.2. The van der Waals surface area contributed by atoms with Crippen molar-refractivity contribution in [3.8, 4) is 0 Å². The van der Waals surface area contributed by atoms with Gasteiger partial charge in [-0.05, 0) is 38.5 Å². The lowest BCUT2D eigenvalue weighted by Gasteiger charge is -2.38. The van der Waals surface area contributed by atoms with Gasteiger partial charge < -0.3 is 43.8 Å². The van der Waals surface area contributed by atoms with Crippen molar-refractivity contribution in [1.29, 1.82) is 0 Å². The van der Waals surface area contributed by atoms with E-state index in [1.54, 1.807) is 23.6 Å². The number of nitrogens with zero attached hydrogens (tertiary/aromatic N) is 3. The SMILES string of the molecule is CCn1cc(C(=O)O)c(=O)c2cc(C)c(N3CCN(C(=O)OC(C)(P(=O)(O)O)P(=O)(O)O)CC3)cc21. The number of aromatic carboxylic acids is 1. The maximum atomic E-state index is 12.7. The first-order chi connectivity index (χ1) is 16.5. The molecule has 2 aromatic rings. The number of anilines is 1. The molecule has 198 valence electrons. The molecule has 0 radical (unpaired) electrons. The van der Waals surface area contributed by atoms with Crippen molar-refractivity contribution in [2.24, 2.45) is 0 Å². The lowest BCUT2D eigenvalue weighted by molar-refractivity contribution is 0.0566. The average molecular weight is 547 g/mol. The van der Waals surface area contributed by atoms with Crippen molar-refractivity contribution < 1.29 is 48.1 Å². The summed E-state index contributed by atoms with van der Waals surface area (Å²) in [6, 6.07) is 3.37. The van der Waals surface area contributed by atoms with Gasteiger partial charge in [0.25, 0.3) is 0 Å². The number of carbonyl (C=O) groups excluding carboxylic acids is 1. The van der Waals surface area contributed by atoms with Crippen LogP contribution >= 0.6 is 15.2 Å². The zero-order chi connectivity index (χ0) is 27.2. The van der Waals surface area contributed by atoms with Gasteiger partial charge in [-0.3, -0.25) is 13.9 Å². The molecule has 2 heterocycles. The van der Waals surface area contributed by atoms with Gasteiger partial charge in [-0.2, -0.15) is 0 Å². The van der Waals surface area contributed by atoms with Crippen LogP contribution in [0.1, 0.15) is 29.8 Å². The van der Waals surface area contributed by atoms with Crippen molar-refractivity contribution in [3.05, 3.63) is 39.7 Å². The van der Waals surface area contributed by atoms with Gasteiger partial charge in [0.2, 0.25) is 5.43 Å². The number of fused-ring (bicyclic) bond motifs is 1. The van der Waals surface area contributed by atoms with Gasteiger partial charge in [-0.25, -0.2) is 9.59 Å². The number of carboxylic acid groups (broad SMARTS) is 1. The molecule has 1 aliphatic heterocycles. The molecule has 0 saturated carbocycles. The Bertz CT molecular complexity index is 1350. The fraction of sp³-hybridized carbons (Fsp3) is 0.450. The summed E-state index contributed by atoms with van der Waals surface area (Å²) in [6.07, 6.45) is 0.0130. The second-order valence-electron chi connectivity index (χ2n) is 8.48. The third-order valence-corrected chi connectivity index (χ3v) is 10.1. The predicted octanol–water partition coefficient (Wildman–Crippen LogP) is 1.32. The Hall–Kier alpha value is -2.73. The van der Waals surface area contributed by atoms with Crippen LogP contribution in [0.2, 0.25) is 0 Å². The molecule has 1 aromatic heterocycles. The Labute approximate surface area is 205 Å². The number of amides is 1.